The summed E-state index contributed by atoms with van der Waals surface area (Å²) in [5.74, 6) is -0.138. The van der Waals surface area contributed by atoms with Gasteiger partial charge in [-0.15, -0.1) is 0 Å². The summed E-state index contributed by atoms with van der Waals surface area (Å²) in [5.41, 5.74) is 4.59. The Kier molecular flexibility index (Phi) is 6.62. The molecule has 3 aromatic rings. The maximum absolute atomic E-state index is 12.9. The first-order chi connectivity index (χ1) is 15.2. The van der Waals surface area contributed by atoms with Crippen LogP contribution in [-0.4, -0.2) is 31.4 Å². The first-order valence-electron chi connectivity index (χ1n) is 10.8. The Balaban J connectivity index is 1.36. The van der Waals surface area contributed by atoms with Crippen LogP contribution in [0.1, 0.15) is 27.9 Å². The summed E-state index contributed by atoms with van der Waals surface area (Å²) in [7, 11) is 0. The van der Waals surface area contributed by atoms with E-state index in [0.29, 0.717) is 17.8 Å². The van der Waals surface area contributed by atoms with Crippen molar-refractivity contribution in [2.75, 3.05) is 29.9 Å². The topological polar surface area (TPSA) is 61.4 Å². The van der Waals surface area contributed by atoms with Gasteiger partial charge in [0.2, 0.25) is 5.91 Å². The third kappa shape index (κ3) is 5.12. The molecule has 0 radical (unpaired) electrons. The molecule has 158 valence electrons. The number of fused-ring (bicyclic) bond motifs is 1. The molecule has 1 heterocycles. The molecule has 0 unspecified atom stereocenters. The van der Waals surface area contributed by atoms with E-state index in [0.717, 1.165) is 31.5 Å². The molecule has 2 amide bonds. The molecule has 0 aliphatic carbocycles. The van der Waals surface area contributed by atoms with Gasteiger partial charge in [-0.25, -0.2) is 0 Å². The maximum Gasteiger partial charge on any atom is 0.253 e. The zero-order valence-corrected chi connectivity index (χ0v) is 17.5. The average molecular weight is 414 g/mol. The van der Waals surface area contributed by atoms with Crippen molar-refractivity contribution in [1.82, 2.24) is 5.32 Å². The van der Waals surface area contributed by atoms with E-state index in [4.69, 9.17) is 0 Å². The van der Waals surface area contributed by atoms with Crippen molar-refractivity contribution in [2.45, 2.75) is 19.3 Å². The third-order valence-electron chi connectivity index (χ3n) is 5.56. The molecule has 4 rings (SSSR count). The molecule has 0 saturated carbocycles. The normalized spacial score (nSPS) is 12.7. The Bertz CT molecular complexity index is 1050. The number of amides is 2. The molecule has 0 fully saturated rings. The zero-order chi connectivity index (χ0) is 21.5. The number of hydrogen-bond acceptors (Lipinski definition) is 3. The highest BCUT2D eigenvalue weighted by atomic mass is 16.2. The number of para-hydroxylation sites is 2. The molecule has 3 aromatic carbocycles. The van der Waals surface area contributed by atoms with Crippen LogP contribution in [0.25, 0.3) is 0 Å². The number of rotatable bonds is 7. The maximum atomic E-state index is 12.9. The Hall–Kier alpha value is -3.60. The highest BCUT2D eigenvalue weighted by Crippen LogP contribution is 2.26. The van der Waals surface area contributed by atoms with Crippen molar-refractivity contribution in [3.63, 3.8) is 0 Å². The molecule has 0 saturated heterocycles. The third-order valence-corrected chi connectivity index (χ3v) is 5.56. The lowest BCUT2D eigenvalue weighted by molar-refractivity contribution is -0.117. The van der Waals surface area contributed by atoms with E-state index in [2.05, 4.69) is 16.7 Å². The first kappa shape index (κ1) is 20.7. The van der Waals surface area contributed by atoms with Gasteiger partial charge in [0.15, 0.2) is 0 Å². The summed E-state index contributed by atoms with van der Waals surface area (Å²) in [6.07, 6.45) is 2.73. The number of aryl methyl sites for hydroxylation is 1. The lowest BCUT2D eigenvalue weighted by Crippen LogP contribution is -2.39. The van der Waals surface area contributed by atoms with Crippen molar-refractivity contribution in [1.29, 1.82) is 0 Å². The highest BCUT2D eigenvalue weighted by molar-refractivity contribution is 6.01. The van der Waals surface area contributed by atoms with Gasteiger partial charge < -0.3 is 15.5 Å². The van der Waals surface area contributed by atoms with E-state index in [1.54, 1.807) is 6.07 Å². The molecule has 1 aliphatic heterocycles. The van der Waals surface area contributed by atoms with Crippen LogP contribution in [0.4, 0.5) is 11.4 Å². The molecule has 5 nitrogen and oxygen atoms in total. The number of anilines is 2. The lowest BCUT2D eigenvalue weighted by atomic mass is 10.0. The van der Waals surface area contributed by atoms with E-state index in [9.17, 15) is 9.59 Å². The van der Waals surface area contributed by atoms with Crippen LogP contribution in [0, 0.1) is 0 Å². The minimum absolute atomic E-state index is 0.00596. The van der Waals surface area contributed by atoms with Crippen molar-refractivity contribution >= 4 is 23.2 Å². The van der Waals surface area contributed by atoms with Gasteiger partial charge in [0.1, 0.15) is 0 Å². The van der Waals surface area contributed by atoms with E-state index in [-0.39, 0.29) is 18.4 Å². The van der Waals surface area contributed by atoms with Gasteiger partial charge in [0.25, 0.3) is 5.91 Å². The van der Waals surface area contributed by atoms with Gasteiger partial charge in [-0.05, 0) is 48.6 Å². The number of nitrogens with zero attached hydrogens (tertiary/aromatic N) is 1. The molecule has 31 heavy (non-hydrogen) atoms. The summed E-state index contributed by atoms with van der Waals surface area (Å²) in [6.45, 7) is 1.42. The SMILES string of the molecule is O=C(NCCc1ccccc1)c1ccccc1NCC(=O)N1CCCc2ccccc21. The van der Waals surface area contributed by atoms with Crippen LogP contribution in [0.3, 0.4) is 0 Å². The quantitative estimate of drug-likeness (QED) is 0.614. The van der Waals surface area contributed by atoms with Crippen LogP contribution in [0.5, 0.6) is 0 Å². The molecule has 0 bridgehead atoms. The molecule has 2 N–H and O–H groups in total. The fourth-order valence-corrected chi connectivity index (χ4v) is 3.95. The molecule has 1 aliphatic rings. The highest BCUT2D eigenvalue weighted by Gasteiger charge is 2.22. The zero-order valence-electron chi connectivity index (χ0n) is 17.5. The van der Waals surface area contributed by atoms with Crippen LogP contribution < -0.4 is 15.5 Å². The largest absolute Gasteiger partial charge is 0.375 e. The molecule has 0 spiro atoms. The van der Waals surface area contributed by atoms with E-state index in [1.165, 1.54) is 11.1 Å². The van der Waals surface area contributed by atoms with E-state index in [1.807, 2.05) is 71.6 Å². The Morgan fingerprint density at radius 2 is 1.61 bits per heavy atom. The second-order valence-corrected chi connectivity index (χ2v) is 7.67. The number of nitrogens with one attached hydrogen (secondary N) is 2. The van der Waals surface area contributed by atoms with E-state index >= 15 is 0 Å². The van der Waals surface area contributed by atoms with Crippen LogP contribution in [0.2, 0.25) is 0 Å². The van der Waals surface area contributed by atoms with Gasteiger partial charge in [-0.3, -0.25) is 9.59 Å². The standard InChI is InChI=1S/C26H27N3O2/c30-25(29-18-8-12-21-11-4-7-15-24(21)29)19-28-23-14-6-5-13-22(23)26(31)27-17-16-20-9-2-1-3-10-20/h1-7,9-11,13-15,28H,8,12,16-19H2,(H,27,31). The summed E-state index contributed by atoms with van der Waals surface area (Å²) < 4.78 is 0. The minimum Gasteiger partial charge on any atom is -0.375 e. The van der Waals surface area contributed by atoms with Gasteiger partial charge in [-0.1, -0.05) is 60.7 Å². The molecular formula is C26H27N3O2. The summed E-state index contributed by atoms with van der Waals surface area (Å²) in [4.78, 5) is 27.5. The number of hydrogen-bond donors (Lipinski definition) is 2. The van der Waals surface area contributed by atoms with Crippen molar-refractivity contribution in [3.8, 4) is 0 Å². The van der Waals surface area contributed by atoms with E-state index < -0.39 is 0 Å². The van der Waals surface area contributed by atoms with Gasteiger partial charge >= 0.3 is 0 Å². The number of benzene rings is 3. The van der Waals surface area contributed by atoms with Crippen LogP contribution in [-0.2, 0) is 17.6 Å². The van der Waals surface area contributed by atoms with Crippen LogP contribution in [0.15, 0.2) is 78.9 Å². The predicted molar refractivity (Wildman–Crippen MR) is 125 cm³/mol. The summed E-state index contributed by atoms with van der Waals surface area (Å²) >= 11 is 0. The second kappa shape index (κ2) is 9.94. The predicted octanol–water partition coefficient (Wildman–Crippen LogP) is 4.05. The van der Waals surface area contributed by atoms with Gasteiger partial charge in [0, 0.05) is 24.5 Å². The average Bonchev–Trinajstić information content (AvgIpc) is 2.83. The Morgan fingerprint density at radius 1 is 0.871 bits per heavy atom. The fraction of sp³-hybridized carbons (Fsp3) is 0.231. The molecule has 0 aromatic heterocycles. The minimum atomic E-state index is -0.144. The van der Waals surface area contributed by atoms with Gasteiger partial charge in [0.05, 0.1) is 12.1 Å². The number of carbonyl (C=O) groups is 2. The van der Waals surface area contributed by atoms with Crippen LogP contribution >= 0.6 is 0 Å². The lowest BCUT2D eigenvalue weighted by Gasteiger charge is -2.29. The smallest absolute Gasteiger partial charge is 0.253 e. The summed E-state index contributed by atoms with van der Waals surface area (Å²) in [6, 6.07) is 25.4. The van der Waals surface area contributed by atoms with Gasteiger partial charge in [-0.2, -0.15) is 0 Å². The fourth-order valence-electron chi connectivity index (χ4n) is 3.95. The Labute approximate surface area is 183 Å². The molecular weight excluding hydrogens is 386 g/mol. The number of carbonyl (C=O) groups excluding carboxylic acids is 2. The van der Waals surface area contributed by atoms with Crippen molar-refractivity contribution in [3.05, 3.63) is 95.6 Å². The van der Waals surface area contributed by atoms with Crippen molar-refractivity contribution < 1.29 is 9.59 Å². The monoisotopic (exact) mass is 413 g/mol. The van der Waals surface area contributed by atoms with Crippen molar-refractivity contribution in [2.24, 2.45) is 0 Å². The summed E-state index contributed by atoms with van der Waals surface area (Å²) in [5, 5.41) is 6.16. The first-order valence-corrected chi connectivity index (χ1v) is 10.8. The molecule has 0 atom stereocenters. The Morgan fingerprint density at radius 3 is 2.48 bits per heavy atom. The second-order valence-electron chi connectivity index (χ2n) is 7.67. The molecule has 5 heteroatoms.